The second-order valence-electron chi connectivity index (χ2n) is 8.88. The third-order valence-electron chi connectivity index (χ3n) is 6.38. The molecular formula is C32H32Se3. The van der Waals surface area contributed by atoms with Gasteiger partial charge < -0.3 is 0 Å². The summed E-state index contributed by atoms with van der Waals surface area (Å²) < 4.78 is 6.89. The van der Waals surface area contributed by atoms with E-state index < -0.39 is 0 Å². The van der Waals surface area contributed by atoms with Crippen LogP contribution in [0.1, 0.15) is 39.5 Å². The molecule has 35 heavy (non-hydrogen) atoms. The minimum atomic E-state index is 0.334. The molecule has 0 aliphatic heterocycles. The van der Waals surface area contributed by atoms with Gasteiger partial charge in [0.2, 0.25) is 0 Å². The number of hydrogen-bond donors (Lipinski definition) is 0. The molecule has 0 atom stereocenters. The molecule has 178 valence electrons. The van der Waals surface area contributed by atoms with Crippen LogP contribution in [-0.2, 0) is 0 Å². The molecule has 5 aromatic rings. The van der Waals surface area contributed by atoms with Gasteiger partial charge in [0.15, 0.2) is 0 Å². The zero-order valence-electron chi connectivity index (χ0n) is 20.6. The van der Waals surface area contributed by atoms with Crippen molar-refractivity contribution in [2.45, 2.75) is 50.2 Å². The molecule has 0 radical (unpaired) electrons. The second-order valence-corrected chi connectivity index (χ2v) is 15.7. The Morgan fingerprint density at radius 3 is 1.43 bits per heavy atom. The number of fused-ring (bicyclic) bond motifs is 2. The fourth-order valence-corrected chi connectivity index (χ4v) is 15.8. The maximum absolute atomic E-state index is 2.40. The third-order valence-corrected chi connectivity index (χ3v) is 16.0. The number of unbranched alkanes of at least 4 members (excludes halogenated alkanes) is 2. The molecule has 0 spiro atoms. The van der Waals surface area contributed by atoms with Crippen LogP contribution >= 0.6 is 0 Å². The Morgan fingerprint density at radius 2 is 0.971 bits per heavy atom. The van der Waals surface area contributed by atoms with Crippen LogP contribution < -0.4 is 8.92 Å². The summed E-state index contributed by atoms with van der Waals surface area (Å²) in [5, 5.41) is 8.31. The van der Waals surface area contributed by atoms with Gasteiger partial charge in [-0.3, -0.25) is 0 Å². The van der Waals surface area contributed by atoms with Crippen LogP contribution in [0.15, 0.2) is 84.9 Å². The van der Waals surface area contributed by atoms with Crippen molar-refractivity contribution in [3.05, 3.63) is 84.9 Å². The first-order chi connectivity index (χ1) is 17.3. The van der Waals surface area contributed by atoms with E-state index in [9.17, 15) is 0 Å². The summed E-state index contributed by atoms with van der Waals surface area (Å²) in [4.78, 5) is 0. The van der Waals surface area contributed by atoms with Crippen molar-refractivity contribution in [3.63, 3.8) is 0 Å². The van der Waals surface area contributed by atoms with Crippen molar-refractivity contribution in [3.8, 4) is 20.0 Å². The fraction of sp³-hybridized carbons (Fsp3) is 0.250. The van der Waals surface area contributed by atoms with Crippen molar-refractivity contribution in [2.24, 2.45) is 0 Å². The standard InChI is InChI=1S/C32H32Se3/c1-3-5-21-33-31-29(27-19-11-15-23-13-7-9-17-25(23)27)35-30(32(31)34-22-6-4-2)28-20-12-16-24-14-8-10-18-26(24)28/h7-20H,3-6,21-22H2,1-2H3. The van der Waals surface area contributed by atoms with Crippen LogP contribution in [0, 0.1) is 0 Å². The molecule has 0 unspecified atom stereocenters. The normalized spacial score (nSPS) is 11.5. The molecular weight excluding hydrogens is 621 g/mol. The number of hydrogen-bond acceptors (Lipinski definition) is 0. The Morgan fingerprint density at radius 1 is 0.543 bits per heavy atom. The quantitative estimate of drug-likeness (QED) is 0.108. The van der Waals surface area contributed by atoms with Gasteiger partial charge in [-0.25, -0.2) is 0 Å². The van der Waals surface area contributed by atoms with E-state index in [4.69, 9.17) is 0 Å². The van der Waals surface area contributed by atoms with E-state index in [0.717, 1.165) is 0 Å². The van der Waals surface area contributed by atoms with Crippen LogP contribution in [0.25, 0.3) is 41.5 Å². The Balaban J connectivity index is 1.76. The SMILES string of the molecule is CCCC[Se]c1c(-c2cccc3ccccc23)[se]c(-c2cccc3ccccc23)c1[Se]CCCC. The zero-order chi connectivity index (χ0) is 24.0. The van der Waals surface area contributed by atoms with E-state index >= 15 is 0 Å². The molecule has 0 amide bonds. The van der Waals surface area contributed by atoms with Crippen molar-refractivity contribution in [1.29, 1.82) is 0 Å². The molecule has 1 heterocycles. The Hall–Kier alpha value is -1.56. The van der Waals surface area contributed by atoms with Gasteiger partial charge in [-0.05, 0) is 0 Å². The van der Waals surface area contributed by atoms with Crippen LogP contribution in [0.4, 0.5) is 0 Å². The summed E-state index contributed by atoms with van der Waals surface area (Å²) in [6.45, 7) is 4.66. The van der Waals surface area contributed by atoms with E-state index in [-0.39, 0.29) is 0 Å². The number of benzene rings is 4. The molecule has 0 fully saturated rings. The van der Waals surface area contributed by atoms with Crippen LogP contribution in [0.5, 0.6) is 0 Å². The van der Waals surface area contributed by atoms with Gasteiger partial charge >= 0.3 is 230 Å². The van der Waals surface area contributed by atoms with Gasteiger partial charge in [0.05, 0.1) is 0 Å². The van der Waals surface area contributed by atoms with Crippen LogP contribution in [-0.4, -0.2) is 44.4 Å². The summed E-state index contributed by atoms with van der Waals surface area (Å²) in [6, 6.07) is 31.9. The van der Waals surface area contributed by atoms with Crippen molar-refractivity contribution in [2.75, 3.05) is 0 Å². The van der Waals surface area contributed by atoms with Gasteiger partial charge in [0.25, 0.3) is 0 Å². The van der Waals surface area contributed by atoms with Crippen molar-refractivity contribution in [1.82, 2.24) is 0 Å². The first-order valence-electron chi connectivity index (χ1n) is 12.7. The zero-order valence-corrected chi connectivity index (χ0v) is 25.7. The second kappa shape index (κ2) is 12.1. The molecule has 0 aliphatic rings. The van der Waals surface area contributed by atoms with E-state index in [1.54, 1.807) is 17.8 Å². The summed E-state index contributed by atoms with van der Waals surface area (Å²) in [6.07, 6.45) is 5.27. The van der Waals surface area contributed by atoms with Crippen LogP contribution in [0.3, 0.4) is 0 Å². The molecule has 0 saturated carbocycles. The molecule has 1 aromatic heterocycles. The predicted molar refractivity (Wildman–Crippen MR) is 159 cm³/mol. The van der Waals surface area contributed by atoms with Gasteiger partial charge in [-0.1, -0.05) is 0 Å². The average Bonchev–Trinajstić information content (AvgIpc) is 3.26. The number of rotatable bonds is 10. The molecule has 0 nitrogen and oxygen atoms in total. The Kier molecular flexibility index (Phi) is 8.69. The summed E-state index contributed by atoms with van der Waals surface area (Å²) >= 11 is 1.42. The Labute approximate surface area is 228 Å². The monoisotopic (exact) mass is 656 g/mol. The fourth-order valence-electron chi connectivity index (χ4n) is 4.50. The molecule has 4 aromatic carbocycles. The molecule has 0 saturated heterocycles. The van der Waals surface area contributed by atoms with Crippen molar-refractivity contribution < 1.29 is 0 Å². The molecule has 0 aliphatic carbocycles. The average molecular weight is 653 g/mol. The van der Waals surface area contributed by atoms with Gasteiger partial charge in [0, 0.05) is 0 Å². The van der Waals surface area contributed by atoms with E-state index in [1.165, 1.54) is 69.0 Å². The summed E-state index contributed by atoms with van der Waals surface area (Å²) in [7, 11) is 0. The first kappa shape index (κ1) is 25.1. The summed E-state index contributed by atoms with van der Waals surface area (Å²) in [5.41, 5.74) is 2.99. The summed E-state index contributed by atoms with van der Waals surface area (Å²) in [5.74, 6) is 0. The topological polar surface area (TPSA) is 0 Å². The van der Waals surface area contributed by atoms with Gasteiger partial charge in [-0.2, -0.15) is 0 Å². The van der Waals surface area contributed by atoms with Gasteiger partial charge in [-0.15, -0.1) is 0 Å². The van der Waals surface area contributed by atoms with E-state index in [1.807, 2.05) is 0 Å². The minimum absolute atomic E-state index is 0.334. The first-order valence-corrected chi connectivity index (χ1v) is 18.5. The molecule has 3 heteroatoms. The van der Waals surface area contributed by atoms with Crippen LogP contribution in [0.2, 0.25) is 10.6 Å². The molecule has 0 bridgehead atoms. The van der Waals surface area contributed by atoms with E-state index in [0.29, 0.717) is 44.4 Å². The van der Waals surface area contributed by atoms with E-state index in [2.05, 4.69) is 98.8 Å². The maximum atomic E-state index is 2.40. The molecule has 0 N–H and O–H groups in total. The van der Waals surface area contributed by atoms with Gasteiger partial charge in [0.1, 0.15) is 0 Å². The Bertz CT molecular complexity index is 1310. The predicted octanol–water partition coefficient (Wildman–Crippen LogP) is 7.48. The third kappa shape index (κ3) is 5.42. The van der Waals surface area contributed by atoms with Crippen molar-refractivity contribution >= 4 is 74.9 Å². The molecule has 5 rings (SSSR count).